The summed E-state index contributed by atoms with van der Waals surface area (Å²) in [5, 5.41) is 3.45. The van der Waals surface area contributed by atoms with Gasteiger partial charge in [0.15, 0.2) is 9.84 Å². The Morgan fingerprint density at radius 2 is 1.90 bits per heavy atom. The van der Waals surface area contributed by atoms with Crippen LogP contribution in [0.4, 0.5) is 0 Å². The van der Waals surface area contributed by atoms with Crippen LogP contribution in [0.2, 0.25) is 0 Å². The lowest BCUT2D eigenvalue weighted by Gasteiger charge is -2.53. The largest absolute Gasteiger partial charge is 0.373 e. The highest BCUT2D eigenvalue weighted by Gasteiger charge is 2.68. The minimum Gasteiger partial charge on any atom is -0.373 e. The van der Waals surface area contributed by atoms with Gasteiger partial charge in [-0.2, -0.15) is 0 Å². The van der Waals surface area contributed by atoms with E-state index in [1.54, 1.807) is 12.1 Å². The molecule has 1 saturated heterocycles. The van der Waals surface area contributed by atoms with Crippen molar-refractivity contribution in [2.75, 3.05) is 12.9 Å². The summed E-state index contributed by atoms with van der Waals surface area (Å²) < 4.78 is 29.9. The summed E-state index contributed by atoms with van der Waals surface area (Å²) in [6.45, 7) is 9.46. The van der Waals surface area contributed by atoms with Gasteiger partial charge in [-0.1, -0.05) is 39.8 Å². The van der Waals surface area contributed by atoms with Crippen LogP contribution in [-0.2, 0) is 19.4 Å². The first kappa shape index (κ1) is 21.8. The van der Waals surface area contributed by atoms with Gasteiger partial charge in [0.2, 0.25) is 5.91 Å². The summed E-state index contributed by atoms with van der Waals surface area (Å²) in [7, 11) is -3.21. The molecule has 5 atom stereocenters. The molecule has 1 aliphatic heterocycles. The Kier molecular flexibility index (Phi) is 5.33. The third-order valence-corrected chi connectivity index (χ3v) is 9.17. The van der Waals surface area contributed by atoms with Gasteiger partial charge in [-0.05, 0) is 65.5 Å². The molecule has 0 aromatic heterocycles. The van der Waals surface area contributed by atoms with Gasteiger partial charge in [-0.15, -0.1) is 0 Å². The van der Waals surface area contributed by atoms with Crippen molar-refractivity contribution in [1.29, 1.82) is 0 Å². The zero-order valence-corrected chi connectivity index (χ0v) is 19.6. The molecule has 1 amide bonds. The van der Waals surface area contributed by atoms with Gasteiger partial charge < -0.3 is 10.1 Å². The molecule has 3 aliphatic rings. The van der Waals surface area contributed by atoms with E-state index in [4.69, 9.17) is 4.74 Å². The van der Waals surface area contributed by atoms with E-state index in [1.807, 2.05) is 12.1 Å². The van der Waals surface area contributed by atoms with Crippen molar-refractivity contribution in [2.45, 2.75) is 70.4 Å². The normalized spacial score (nSPS) is 34.7. The van der Waals surface area contributed by atoms with Crippen molar-refractivity contribution in [1.82, 2.24) is 5.32 Å². The molecule has 166 valence electrons. The fourth-order valence-electron chi connectivity index (χ4n) is 6.61. The molecule has 2 aliphatic carbocycles. The molecule has 0 radical (unpaired) electrons. The molecule has 4 rings (SSSR count). The molecule has 1 heterocycles. The van der Waals surface area contributed by atoms with Crippen molar-refractivity contribution in [3.05, 3.63) is 29.8 Å². The van der Waals surface area contributed by atoms with Crippen molar-refractivity contribution in [3.8, 4) is 0 Å². The molecule has 5 nitrogen and oxygen atoms in total. The third kappa shape index (κ3) is 3.50. The highest BCUT2D eigenvalue weighted by atomic mass is 32.2. The SMILES string of the molecule is CC(C)CC(=O)N[C@H]1C(C)(C)[C@@H]2C[C@@H]3[C@@H](c4ccc(S(C)(=O)=O)cc4)OCC[C@@]31C2. The number of benzene rings is 1. The second kappa shape index (κ2) is 7.33. The van der Waals surface area contributed by atoms with Crippen LogP contribution in [0.1, 0.15) is 65.0 Å². The summed E-state index contributed by atoms with van der Waals surface area (Å²) in [6.07, 6.45) is 4.96. The Hall–Kier alpha value is -1.40. The van der Waals surface area contributed by atoms with Crippen LogP contribution in [-0.4, -0.2) is 33.2 Å². The Morgan fingerprint density at radius 1 is 1.23 bits per heavy atom. The van der Waals surface area contributed by atoms with Crippen molar-refractivity contribution in [3.63, 3.8) is 0 Å². The second-order valence-corrected chi connectivity index (χ2v) is 12.8. The lowest BCUT2D eigenvalue weighted by atomic mass is 9.59. The predicted octanol–water partition coefficient (Wildman–Crippen LogP) is 4.13. The standard InChI is InChI=1S/C24H35NO4S/c1-15(2)12-20(26)25-22-23(3,4)17-13-19-21(29-11-10-24(19,22)14-17)16-6-8-18(9-7-16)30(5,27)28/h6-9,15,17,19,21-22H,10-14H2,1-5H3,(H,25,26)/t17-,19-,21-,22+,24-/m1/s1. The van der Waals surface area contributed by atoms with Gasteiger partial charge in [0.25, 0.3) is 0 Å². The topological polar surface area (TPSA) is 72.5 Å². The van der Waals surface area contributed by atoms with E-state index < -0.39 is 9.84 Å². The molecule has 1 N–H and O–H groups in total. The van der Waals surface area contributed by atoms with E-state index in [1.165, 1.54) is 6.26 Å². The molecule has 1 aromatic carbocycles. The monoisotopic (exact) mass is 433 g/mol. The molecule has 3 fully saturated rings. The quantitative estimate of drug-likeness (QED) is 0.758. The first-order chi connectivity index (χ1) is 13.9. The van der Waals surface area contributed by atoms with E-state index in [2.05, 4.69) is 33.0 Å². The summed E-state index contributed by atoms with van der Waals surface area (Å²) in [6, 6.07) is 7.34. The first-order valence-corrected chi connectivity index (χ1v) is 13.1. The molecular weight excluding hydrogens is 398 g/mol. The minimum absolute atomic E-state index is 0.0436. The third-order valence-electron chi connectivity index (χ3n) is 8.04. The number of carbonyl (C=O) groups is 1. The Labute approximate surface area is 180 Å². The van der Waals surface area contributed by atoms with Gasteiger partial charge in [0.05, 0.1) is 11.0 Å². The predicted molar refractivity (Wildman–Crippen MR) is 117 cm³/mol. The van der Waals surface area contributed by atoms with Gasteiger partial charge in [-0.3, -0.25) is 4.79 Å². The Bertz CT molecular complexity index is 921. The van der Waals surface area contributed by atoms with E-state index in [0.29, 0.717) is 35.7 Å². The Morgan fingerprint density at radius 3 is 2.50 bits per heavy atom. The van der Waals surface area contributed by atoms with Gasteiger partial charge in [0, 0.05) is 25.3 Å². The minimum atomic E-state index is -3.21. The highest BCUT2D eigenvalue weighted by molar-refractivity contribution is 7.90. The maximum Gasteiger partial charge on any atom is 0.220 e. The van der Waals surface area contributed by atoms with Crippen molar-refractivity contribution < 1.29 is 17.9 Å². The van der Waals surface area contributed by atoms with E-state index in [-0.39, 0.29) is 28.9 Å². The van der Waals surface area contributed by atoms with E-state index >= 15 is 0 Å². The van der Waals surface area contributed by atoms with Crippen LogP contribution in [0.3, 0.4) is 0 Å². The van der Waals surface area contributed by atoms with E-state index in [9.17, 15) is 13.2 Å². The van der Waals surface area contributed by atoms with Crippen LogP contribution in [0.15, 0.2) is 29.2 Å². The molecule has 2 bridgehead atoms. The lowest BCUT2D eigenvalue weighted by molar-refractivity contribution is -0.137. The molecule has 30 heavy (non-hydrogen) atoms. The fraction of sp³-hybridized carbons (Fsp3) is 0.708. The zero-order chi connectivity index (χ0) is 21.9. The fourth-order valence-corrected chi connectivity index (χ4v) is 7.24. The molecular formula is C24H35NO4S. The number of carbonyl (C=O) groups excluding carboxylic acids is 1. The number of nitrogens with one attached hydrogen (secondary N) is 1. The number of sulfone groups is 1. The number of hydrogen-bond donors (Lipinski definition) is 1. The smallest absolute Gasteiger partial charge is 0.220 e. The number of amides is 1. The maximum absolute atomic E-state index is 12.7. The summed E-state index contributed by atoms with van der Waals surface area (Å²) >= 11 is 0. The maximum atomic E-state index is 12.7. The molecule has 1 spiro atoms. The van der Waals surface area contributed by atoms with Crippen LogP contribution in [0.25, 0.3) is 0 Å². The van der Waals surface area contributed by atoms with Crippen LogP contribution in [0, 0.1) is 28.6 Å². The number of fused-ring (bicyclic) bond motifs is 1. The zero-order valence-electron chi connectivity index (χ0n) is 18.8. The average Bonchev–Trinajstić information content (AvgIpc) is 3.13. The lowest BCUT2D eigenvalue weighted by Crippen LogP contribution is -2.59. The van der Waals surface area contributed by atoms with Crippen LogP contribution >= 0.6 is 0 Å². The average molecular weight is 434 g/mol. The van der Waals surface area contributed by atoms with Crippen LogP contribution in [0.5, 0.6) is 0 Å². The number of ether oxygens (including phenoxy) is 1. The summed E-state index contributed by atoms with van der Waals surface area (Å²) in [5.41, 5.74) is 1.17. The molecule has 2 saturated carbocycles. The highest BCUT2D eigenvalue weighted by Crippen LogP contribution is 2.70. The van der Waals surface area contributed by atoms with Crippen molar-refractivity contribution >= 4 is 15.7 Å². The molecule has 1 aromatic rings. The van der Waals surface area contributed by atoms with Gasteiger partial charge >= 0.3 is 0 Å². The summed E-state index contributed by atoms with van der Waals surface area (Å²) in [4.78, 5) is 13.1. The second-order valence-electron chi connectivity index (χ2n) is 10.8. The Balaban J connectivity index is 1.63. The van der Waals surface area contributed by atoms with E-state index in [0.717, 1.165) is 24.8 Å². The molecule has 6 heteroatoms. The summed E-state index contributed by atoms with van der Waals surface area (Å²) in [5.74, 6) is 1.41. The van der Waals surface area contributed by atoms with Crippen molar-refractivity contribution in [2.24, 2.45) is 28.6 Å². The molecule has 0 unspecified atom stereocenters. The number of hydrogen-bond acceptors (Lipinski definition) is 4. The van der Waals surface area contributed by atoms with Crippen LogP contribution < -0.4 is 5.32 Å². The van der Waals surface area contributed by atoms with Gasteiger partial charge in [0.1, 0.15) is 0 Å². The first-order valence-electron chi connectivity index (χ1n) is 11.2. The van der Waals surface area contributed by atoms with Gasteiger partial charge in [-0.25, -0.2) is 8.42 Å². The number of rotatable bonds is 5.